The van der Waals surface area contributed by atoms with E-state index in [0.29, 0.717) is 17.3 Å². The van der Waals surface area contributed by atoms with Crippen LogP contribution >= 0.6 is 11.6 Å². The number of hydrogen-bond donors (Lipinski definition) is 1. The summed E-state index contributed by atoms with van der Waals surface area (Å²) >= 11 is 6.10. The molecule has 0 bridgehead atoms. The van der Waals surface area contributed by atoms with Crippen LogP contribution in [0.2, 0.25) is 5.02 Å². The number of fused-ring (bicyclic) bond motifs is 1. The molecule has 3 rings (SSSR count). The lowest BCUT2D eigenvalue weighted by atomic mass is 10.1. The van der Waals surface area contributed by atoms with Gasteiger partial charge in [-0.1, -0.05) is 55.3 Å². The number of halogens is 1. The third-order valence-corrected chi connectivity index (χ3v) is 4.32. The van der Waals surface area contributed by atoms with Crippen LogP contribution < -0.4 is 10.2 Å². The Hall–Kier alpha value is -2.46. The van der Waals surface area contributed by atoms with Crippen molar-refractivity contribution in [3.05, 3.63) is 65.3 Å². The normalized spacial score (nSPS) is 10.8. The third kappa shape index (κ3) is 4.15. The zero-order chi connectivity index (χ0) is 17.6. The highest BCUT2D eigenvalue weighted by molar-refractivity contribution is 6.33. The second-order valence-corrected chi connectivity index (χ2v) is 6.30. The van der Waals surface area contributed by atoms with Crippen molar-refractivity contribution in [1.82, 2.24) is 4.73 Å². The molecule has 0 aliphatic rings. The van der Waals surface area contributed by atoms with Crippen molar-refractivity contribution in [1.29, 1.82) is 0 Å². The third-order valence-electron chi connectivity index (χ3n) is 3.99. The summed E-state index contributed by atoms with van der Waals surface area (Å²) in [5.41, 5.74) is 2.52. The largest absolute Gasteiger partial charge is 0.414 e. The summed E-state index contributed by atoms with van der Waals surface area (Å²) in [6.07, 6.45) is 4.23. The molecule has 0 saturated heterocycles. The molecule has 0 radical (unpaired) electrons. The maximum absolute atomic E-state index is 12.4. The molecule has 0 unspecified atom stereocenters. The number of amides is 1. The van der Waals surface area contributed by atoms with Crippen LogP contribution in [0, 0.1) is 0 Å². The number of anilines is 1. The first kappa shape index (κ1) is 17.4. The summed E-state index contributed by atoms with van der Waals surface area (Å²) < 4.78 is 1.77. The van der Waals surface area contributed by atoms with Crippen LogP contribution in [0.25, 0.3) is 10.9 Å². The average Bonchev–Trinajstić information content (AvgIpc) is 2.95. The molecule has 1 amide bonds. The number of hydrogen-bond acceptors (Lipinski definition) is 2. The Labute approximate surface area is 152 Å². The van der Waals surface area contributed by atoms with E-state index in [4.69, 9.17) is 16.4 Å². The van der Waals surface area contributed by atoms with E-state index in [1.54, 1.807) is 16.9 Å². The first-order valence-electron chi connectivity index (χ1n) is 8.45. The van der Waals surface area contributed by atoms with E-state index >= 15 is 0 Å². The molecule has 0 atom stereocenters. The van der Waals surface area contributed by atoms with Crippen LogP contribution in [0.5, 0.6) is 0 Å². The highest BCUT2D eigenvalue weighted by Gasteiger charge is 2.13. The number of nitrogens with zero attached hydrogens (tertiary/aromatic N) is 1. The summed E-state index contributed by atoms with van der Waals surface area (Å²) in [6, 6.07) is 15.2. The summed E-state index contributed by atoms with van der Waals surface area (Å²) in [7, 11) is 0. The number of unbranched alkanes of at least 4 members (excludes halogenated alkanes) is 1. The minimum Gasteiger partial charge on any atom is -0.414 e. The molecule has 2 aromatic carbocycles. The fourth-order valence-electron chi connectivity index (χ4n) is 2.70. The highest BCUT2D eigenvalue weighted by atomic mass is 35.5. The van der Waals surface area contributed by atoms with Crippen LogP contribution in [0.3, 0.4) is 0 Å². The second-order valence-electron chi connectivity index (χ2n) is 5.89. The molecule has 0 saturated carbocycles. The van der Waals surface area contributed by atoms with Crippen molar-refractivity contribution in [3.63, 3.8) is 0 Å². The van der Waals surface area contributed by atoms with E-state index in [9.17, 15) is 4.79 Å². The summed E-state index contributed by atoms with van der Waals surface area (Å²) in [5, 5.41) is 4.41. The molecule has 0 aliphatic carbocycles. The number of nitrogens with one attached hydrogen (secondary N) is 1. The van der Waals surface area contributed by atoms with Gasteiger partial charge in [-0.2, -0.15) is 4.73 Å². The zero-order valence-electron chi connectivity index (χ0n) is 14.2. The Morgan fingerprint density at radius 2 is 1.92 bits per heavy atom. The van der Waals surface area contributed by atoms with Gasteiger partial charge in [0.25, 0.3) is 0 Å². The topological polar surface area (TPSA) is 43.3 Å². The number of benzene rings is 2. The second kappa shape index (κ2) is 8.08. The van der Waals surface area contributed by atoms with Crippen LogP contribution in [0.1, 0.15) is 25.3 Å². The van der Waals surface area contributed by atoms with Gasteiger partial charge in [0.15, 0.2) is 0 Å². The number of carbonyl (C=O) groups excluding carboxylic acids is 1. The molecule has 1 N–H and O–H groups in total. The zero-order valence-corrected chi connectivity index (χ0v) is 14.9. The Morgan fingerprint density at radius 1 is 1.16 bits per heavy atom. The van der Waals surface area contributed by atoms with Gasteiger partial charge in [-0.15, -0.1) is 0 Å². The summed E-state index contributed by atoms with van der Waals surface area (Å²) in [6.45, 7) is 2.78. The molecule has 130 valence electrons. The maximum atomic E-state index is 12.4. The highest BCUT2D eigenvalue weighted by Crippen LogP contribution is 2.23. The average molecular weight is 357 g/mol. The van der Waals surface area contributed by atoms with Gasteiger partial charge in [0.05, 0.1) is 22.6 Å². The minimum atomic E-state index is -0.107. The first-order chi connectivity index (χ1) is 12.2. The van der Waals surface area contributed by atoms with E-state index in [-0.39, 0.29) is 12.3 Å². The predicted octanol–water partition coefficient (Wildman–Crippen LogP) is 4.70. The first-order valence-corrected chi connectivity index (χ1v) is 8.83. The van der Waals surface area contributed by atoms with E-state index in [1.807, 2.05) is 42.6 Å². The molecule has 4 nitrogen and oxygen atoms in total. The lowest BCUT2D eigenvalue weighted by Crippen LogP contribution is -2.15. The van der Waals surface area contributed by atoms with Crippen molar-refractivity contribution in [2.75, 3.05) is 11.9 Å². The van der Waals surface area contributed by atoms with Crippen LogP contribution in [0.15, 0.2) is 54.7 Å². The van der Waals surface area contributed by atoms with E-state index in [1.165, 1.54) is 0 Å². The molecule has 5 heteroatoms. The monoisotopic (exact) mass is 356 g/mol. The van der Waals surface area contributed by atoms with Crippen LogP contribution in [0.4, 0.5) is 5.69 Å². The standard InChI is InChI=1S/C20H21ClN2O2/c1-2-3-12-25-23-14-15(16-8-4-7-11-19(16)23)13-20(24)22-18-10-6-5-9-17(18)21/h4-11,14H,2-3,12-13H2,1H3,(H,22,24). The van der Waals surface area contributed by atoms with Crippen LogP contribution in [-0.2, 0) is 11.2 Å². The molecule has 0 fully saturated rings. The van der Waals surface area contributed by atoms with Gasteiger partial charge in [0, 0.05) is 11.6 Å². The lowest BCUT2D eigenvalue weighted by molar-refractivity contribution is -0.115. The van der Waals surface area contributed by atoms with Gasteiger partial charge in [0.1, 0.15) is 6.61 Å². The Kier molecular flexibility index (Phi) is 5.61. The smallest absolute Gasteiger partial charge is 0.228 e. The van der Waals surface area contributed by atoms with Gasteiger partial charge in [-0.05, 0) is 30.2 Å². The van der Waals surface area contributed by atoms with E-state index in [0.717, 1.165) is 29.3 Å². The lowest BCUT2D eigenvalue weighted by Gasteiger charge is -2.07. The van der Waals surface area contributed by atoms with Gasteiger partial charge < -0.3 is 10.2 Å². The van der Waals surface area contributed by atoms with Gasteiger partial charge in [-0.25, -0.2) is 0 Å². The Bertz CT molecular complexity index is 873. The molecule has 3 aromatic rings. The van der Waals surface area contributed by atoms with Gasteiger partial charge in [-0.3, -0.25) is 4.79 Å². The molecule has 0 spiro atoms. The Morgan fingerprint density at radius 3 is 2.72 bits per heavy atom. The van der Waals surface area contributed by atoms with Gasteiger partial charge >= 0.3 is 0 Å². The molecule has 25 heavy (non-hydrogen) atoms. The van der Waals surface area contributed by atoms with E-state index < -0.39 is 0 Å². The van der Waals surface area contributed by atoms with E-state index in [2.05, 4.69) is 12.2 Å². The molecular formula is C20H21ClN2O2. The number of rotatable bonds is 7. The fourth-order valence-corrected chi connectivity index (χ4v) is 2.89. The number of aromatic nitrogens is 1. The molecule has 1 aromatic heterocycles. The predicted molar refractivity (Wildman–Crippen MR) is 102 cm³/mol. The SMILES string of the molecule is CCCCOn1cc(CC(=O)Nc2ccccc2Cl)c2ccccc21. The van der Waals surface area contributed by atoms with Crippen molar-refractivity contribution in [2.45, 2.75) is 26.2 Å². The minimum absolute atomic E-state index is 0.107. The summed E-state index contributed by atoms with van der Waals surface area (Å²) in [5.74, 6) is -0.107. The molecule has 1 heterocycles. The van der Waals surface area contributed by atoms with Crippen molar-refractivity contribution < 1.29 is 9.63 Å². The number of carbonyl (C=O) groups is 1. The van der Waals surface area contributed by atoms with Crippen LogP contribution in [-0.4, -0.2) is 17.2 Å². The maximum Gasteiger partial charge on any atom is 0.228 e. The fraction of sp³-hybridized carbons (Fsp3) is 0.250. The number of para-hydroxylation sites is 2. The molecule has 0 aliphatic heterocycles. The molecular weight excluding hydrogens is 336 g/mol. The van der Waals surface area contributed by atoms with Gasteiger partial charge in [0.2, 0.25) is 5.91 Å². The summed E-state index contributed by atoms with van der Waals surface area (Å²) in [4.78, 5) is 18.3. The van der Waals surface area contributed by atoms with Crippen molar-refractivity contribution in [2.24, 2.45) is 0 Å². The quantitative estimate of drug-likeness (QED) is 0.623. The van der Waals surface area contributed by atoms with Crippen molar-refractivity contribution in [3.8, 4) is 0 Å². The van der Waals surface area contributed by atoms with Crippen molar-refractivity contribution >= 4 is 34.1 Å². The Balaban J connectivity index is 1.78.